The van der Waals surface area contributed by atoms with Crippen LogP contribution < -0.4 is 5.32 Å². The molecule has 0 bridgehead atoms. The van der Waals surface area contributed by atoms with Crippen LogP contribution in [-0.4, -0.2) is 39.2 Å². The quantitative estimate of drug-likeness (QED) is 0.723. The molecule has 0 saturated carbocycles. The molecule has 0 saturated heterocycles. The Morgan fingerprint density at radius 3 is 2.03 bits per heavy atom. The Morgan fingerprint density at radius 2 is 1.52 bits per heavy atom. The highest BCUT2D eigenvalue weighted by Crippen LogP contribution is 2.21. The van der Waals surface area contributed by atoms with Gasteiger partial charge in [-0.25, -0.2) is 18.0 Å². The smallest absolute Gasteiger partial charge is 0.408 e. The number of rotatable bonds is 6. The molecule has 1 unspecified atom stereocenters. The Kier molecular flexibility index (Phi) is 7.02. The number of hydrogen-bond donors (Lipinski definition) is 1. The first-order valence-electron chi connectivity index (χ1n) is 8.99. The Hall–Kier alpha value is -2.87. The molecule has 2 aromatic carbocycles. The Balaban J connectivity index is 2.16. The van der Waals surface area contributed by atoms with Crippen molar-refractivity contribution in [2.45, 2.75) is 48.6 Å². The maximum atomic E-state index is 12.7. The molecule has 1 atom stereocenters. The standard InChI is InChI=1S/C21H25NO6S/c1-21(2,3)28-20(24)22-18(19(23)27-4)14-15-10-12-17(13-11-15)29(25,26)16-8-6-5-7-9-16/h5-13,18H,14H2,1-4H3,(H,22,24). The minimum atomic E-state index is -3.63. The van der Waals surface area contributed by atoms with Gasteiger partial charge in [0.05, 0.1) is 16.9 Å². The van der Waals surface area contributed by atoms with Crippen molar-refractivity contribution in [3.63, 3.8) is 0 Å². The number of carbonyl (C=O) groups is 2. The highest BCUT2D eigenvalue weighted by Gasteiger charge is 2.25. The van der Waals surface area contributed by atoms with Crippen LogP contribution in [0, 0.1) is 0 Å². The molecule has 8 heteroatoms. The first-order chi connectivity index (χ1) is 13.5. The van der Waals surface area contributed by atoms with Crippen LogP contribution in [0.15, 0.2) is 64.4 Å². The fraction of sp³-hybridized carbons (Fsp3) is 0.333. The molecule has 29 heavy (non-hydrogen) atoms. The lowest BCUT2D eigenvalue weighted by Crippen LogP contribution is -2.45. The van der Waals surface area contributed by atoms with E-state index in [4.69, 9.17) is 9.47 Å². The van der Waals surface area contributed by atoms with Crippen LogP contribution in [0.1, 0.15) is 26.3 Å². The second kappa shape index (κ2) is 9.09. The summed E-state index contributed by atoms with van der Waals surface area (Å²) < 4.78 is 35.2. The second-order valence-corrected chi connectivity index (χ2v) is 9.34. The van der Waals surface area contributed by atoms with Crippen LogP contribution in [-0.2, 0) is 30.5 Å². The number of alkyl carbamates (subject to hydrolysis) is 1. The number of methoxy groups -OCH3 is 1. The SMILES string of the molecule is COC(=O)C(Cc1ccc(S(=O)(=O)c2ccccc2)cc1)NC(=O)OC(C)(C)C. The molecule has 2 rings (SSSR count). The van der Waals surface area contributed by atoms with E-state index >= 15 is 0 Å². The average molecular weight is 419 g/mol. The Bertz CT molecular complexity index is 947. The summed E-state index contributed by atoms with van der Waals surface area (Å²) >= 11 is 0. The number of amides is 1. The fourth-order valence-electron chi connectivity index (χ4n) is 2.56. The monoisotopic (exact) mass is 419 g/mol. The van der Waals surface area contributed by atoms with Crippen LogP contribution in [0.5, 0.6) is 0 Å². The van der Waals surface area contributed by atoms with E-state index in [0.29, 0.717) is 5.56 Å². The zero-order valence-electron chi connectivity index (χ0n) is 16.8. The normalized spacial score (nSPS) is 12.7. The van der Waals surface area contributed by atoms with Gasteiger partial charge in [-0.2, -0.15) is 0 Å². The Morgan fingerprint density at radius 1 is 0.966 bits per heavy atom. The number of carbonyl (C=O) groups excluding carboxylic acids is 2. The van der Waals surface area contributed by atoms with Gasteiger partial charge in [-0.15, -0.1) is 0 Å². The summed E-state index contributed by atoms with van der Waals surface area (Å²) in [7, 11) is -2.40. The van der Waals surface area contributed by atoms with E-state index in [2.05, 4.69) is 5.32 Å². The summed E-state index contributed by atoms with van der Waals surface area (Å²) in [4.78, 5) is 24.4. The first-order valence-corrected chi connectivity index (χ1v) is 10.5. The zero-order chi connectivity index (χ0) is 21.7. The van der Waals surface area contributed by atoms with E-state index in [1.807, 2.05) is 0 Å². The van der Waals surface area contributed by atoms with E-state index in [9.17, 15) is 18.0 Å². The molecule has 0 aliphatic carbocycles. The van der Waals surface area contributed by atoms with E-state index in [1.54, 1.807) is 51.1 Å². The van der Waals surface area contributed by atoms with Crippen LogP contribution >= 0.6 is 0 Å². The summed E-state index contributed by atoms with van der Waals surface area (Å²) in [5, 5.41) is 2.49. The lowest BCUT2D eigenvalue weighted by atomic mass is 10.1. The highest BCUT2D eigenvalue weighted by atomic mass is 32.2. The van der Waals surface area contributed by atoms with Crippen molar-refractivity contribution in [2.24, 2.45) is 0 Å². The van der Waals surface area contributed by atoms with Crippen molar-refractivity contribution in [1.82, 2.24) is 5.32 Å². The predicted octanol–water partition coefficient (Wildman–Crippen LogP) is 3.13. The fourth-order valence-corrected chi connectivity index (χ4v) is 3.84. The highest BCUT2D eigenvalue weighted by molar-refractivity contribution is 7.91. The summed E-state index contributed by atoms with van der Waals surface area (Å²) in [5.41, 5.74) is -0.0541. The molecule has 0 radical (unpaired) electrons. The van der Waals surface area contributed by atoms with Crippen molar-refractivity contribution >= 4 is 21.9 Å². The van der Waals surface area contributed by atoms with Gasteiger partial charge in [0, 0.05) is 6.42 Å². The molecule has 1 N–H and O–H groups in total. The zero-order valence-corrected chi connectivity index (χ0v) is 17.7. The van der Waals surface area contributed by atoms with Crippen LogP contribution in [0.3, 0.4) is 0 Å². The molecule has 2 aromatic rings. The number of benzene rings is 2. The second-order valence-electron chi connectivity index (χ2n) is 7.39. The molecule has 0 aliphatic rings. The largest absolute Gasteiger partial charge is 0.467 e. The summed E-state index contributed by atoms with van der Waals surface area (Å²) in [6, 6.07) is 13.3. The van der Waals surface area contributed by atoms with Gasteiger partial charge in [0.25, 0.3) is 0 Å². The van der Waals surface area contributed by atoms with E-state index in [0.717, 1.165) is 0 Å². The van der Waals surface area contributed by atoms with Gasteiger partial charge < -0.3 is 14.8 Å². The van der Waals surface area contributed by atoms with Gasteiger partial charge in [-0.05, 0) is 50.6 Å². The molecule has 0 heterocycles. The van der Waals surface area contributed by atoms with Crippen LogP contribution in [0.4, 0.5) is 4.79 Å². The third kappa shape index (κ3) is 6.32. The number of nitrogens with one attached hydrogen (secondary N) is 1. The molecule has 156 valence electrons. The number of sulfone groups is 1. The van der Waals surface area contributed by atoms with E-state index in [1.165, 1.54) is 31.4 Å². The average Bonchev–Trinajstić information content (AvgIpc) is 2.66. The van der Waals surface area contributed by atoms with Crippen molar-refractivity contribution in [3.05, 3.63) is 60.2 Å². The van der Waals surface area contributed by atoms with Crippen molar-refractivity contribution < 1.29 is 27.5 Å². The van der Waals surface area contributed by atoms with Gasteiger partial charge in [-0.3, -0.25) is 0 Å². The maximum absolute atomic E-state index is 12.7. The van der Waals surface area contributed by atoms with Gasteiger partial charge >= 0.3 is 12.1 Å². The summed E-state index contributed by atoms with van der Waals surface area (Å²) in [5.74, 6) is -0.628. The molecule has 0 aromatic heterocycles. The molecular weight excluding hydrogens is 394 g/mol. The minimum Gasteiger partial charge on any atom is -0.467 e. The van der Waals surface area contributed by atoms with Gasteiger partial charge in [0.15, 0.2) is 0 Å². The number of ether oxygens (including phenoxy) is 2. The van der Waals surface area contributed by atoms with Crippen molar-refractivity contribution in [1.29, 1.82) is 0 Å². The topological polar surface area (TPSA) is 98.8 Å². The van der Waals surface area contributed by atoms with Crippen molar-refractivity contribution in [3.8, 4) is 0 Å². The first kappa shape index (κ1) is 22.4. The maximum Gasteiger partial charge on any atom is 0.408 e. The summed E-state index contributed by atoms with van der Waals surface area (Å²) in [6.07, 6.45) is -0.617. The van der Waals surface area contributed by atoms with Gasteiger partial charge in [-0.1, -0.05) is 30.3 Å². The van der Waals surface area contributed by atoms with Gasteiger partial charge in [0.2, 0.25) is 9.84 Å². The third-order valence-electron chi connectivity index (χ3n) is 3.90. The number of hydrogen-bond acceptors (Lipinski definition) is 6. The van der Waals surface area contributed by atoms with Crippen LogP contribution in [0.25, 0.3) is 0 Å². The van der Waals surface area contributed by atoms with E-state index in [-0.39, 0.29) is 16.2 Å². The molecular formula is C21H25NO6S. The lowest BCUT2D eigenvalue weighted by Gasteiger charge is -2.22. The minimum absolute atomic E-state index is 0.123. The van der Waals surface area contributed by atoms with Gasteiger partial charge in [0.1, 0.15) is 11.6 Å². The van der Waals surface area contributed by atoms with Crippen LogP contribution in [0.2, 0.25) is 0 Å². The molecule has 0 spiro atoms. The molecule has 7 nitrogen and oxygen atoms in total. The molecule has 1 amide bonds. The van der Waals surface area contributed by atoms with E-state index < -0.39 is 33.5 Å². The predicted molar refractivity (Wildman–Crippen MR) is 107 cm³/mol. The third-order valence-corrected chi connectivity index (χ3v) is 5.69. The lowest BCUT2D eigenvalue weighted by molar-refractivity contribution is -0.143. The Labute approximate surface area is 170 Å². The molecule has 0 fully saturated rings. The number of esters is 1. The van der Waals surface area contributed by atoms with Crippen molar-refractivity contribution in [2.75, 3.05) is 7.11 Å². The molecule has 0 aliphatic heterocycles. The summed E-state index contributed by atoms with van der Waals surface area (Å²) in [6.45, 7) is 5.14.